The Morgan fingerprint density at radius 3 is 2.20 bits per heavy atom. The van der Waals surface area contributed by atoms with Gasteiger partial charge in [-0.2, -0.15) is 0 Å². The third-order valence-corrected chi connectivity index (χ3v) is 5.07. The Morgan fingerprint density at radius 2 is 1.60 bits per heavy atom. The van der Waals surface area contributed by atoms with Crippen LogP contribution in [0.5, 0.6) is 0 Å². The van der Waals surface area contributed by atoms with Crippen molar-refractivity contribution in [1.82, 2.24) is 9.13 Å². The highest BCUT2D eigenvalue weighted by Gasteiger charge is 2.21. The monoisotopic (exact) mass is 409 g/mol. The van der Waals surface area contributed by atoms with Crippen LogP contribution in [-0.4, -0.2) is 27.1 Å². The SMILES string of the molecule is CCCn1c(=O)n(CC(=O)OC(C)C(=O)Nc2c(C)cccc2C)c2ccccc21. The van der Waals surface area contributed by atoms with Gasteiger partial charge in [-0.25, -0.2) is 4.79 Å². The van der Waals surface area contributed by atoms with Crippen molar-refractivity contribution in [2.75, 3.05) is 5.32 Å². The molecule has 0 aliphatic heterocycles. The fourth-order valence-electron chi connectivity index (χ4n) is 3.52. The summed E-state index contributed by atoms with van der Waals surface area (Å²) in [6, 6.07) is 13.0. The highest BCUT2D eigenvalue weighted by atomic mass is 16.5. The molecular weight excluding hydrogens is 382 g/mol. The van der Waals surface area contributed by atoms with Gasteiger partial charge in [-0.05, 0) is 50.5 Å². The van der Waals surface area contributed by atoms with E-state index in [1.807, 2.05) is 57.2 Å². The molecule has 0 radical (unpaired) electrons. The lowest BCUT2D eigenvalue weighted by atomic mass is 10.1. The Bertz CT molecular complexity index is 1120. The van der Waals surface area contributed by atoms with Gasteiger partial charge in [0, 0.05) is 12.2 Å². The molecule has 2 aromatic carbocycles. The standard InChI is InChI=1S/C23H27N3O4/c1-5-13-25-18-11-6-7-12-19(18)26(23(25)29)14-20(27)30-17(4)22(28)24-21-15(2)9-8-10-16(21)3/h6-12,17H,5,13-14H2,1-4H3,(H,24,28). The number of hydrogen-bond donors (Lipinski definition) is 1. The molecule has 0 bridgehead atoms. The minimum atomic E-state index is -0.990. The first-order chi connectivity index (χ1) is 14.3. The summed E-state index contributed by atoms with van der Waals surface area (Å²) in [5, 5.41) is 2.82. The maximum absolute atomic E-state index is 12.8. The number of amides is 1. The minimum absolute atomic E-state index is 0.253. The molecule has 1 amide bonds. The largest absolute Gasteiger partial charge is 0.451 e. The first-order valence-electron chi connectivity index (χ1n) is 10.1. The molecule has 0 fully saturated rings. The molecule has 3 aromatic rings. The number of aromatic nitrogens is 2. The summed E-state index contributed by atoms with van der Waals surface area (Å²) in [5.74, 6) is -1.05. The van der Waals surface area contributed by atoms with Gasteiger partial charge in [-0.15, -0.1) is 0 Å². The molecule has 1 aromatic heterocycles. The molecular formula is C23H27N3O4. The number of rotatable bonds is 7. The van der Waals surface area contributed by atoms with Crippen LogP contribution >= 0.6 is 0 Å². The predicted molar refractivity (Wildman–Crippen MR) is 117 cm³/mol. The molecule has 0 aliphatic rings. The van der Waals surface area contributed by atoms with Crippen LogP contribution in [0.2, 0.25) is 0 Å². The number of para-hydroxylation sites is 3. The zero-order chi connectivity index (χ0) is 21.8. The molecule has 1 heterocycles. The van der Waals surface area contributed by atoms with Gasteiger partial charge in [-0.3, -0.25) is 18.7 Å². The fourth-order valence-corrected chi connectivity index (χ4v) is 3.52. The second-order valence-electron chi connectivity index (χ2n) is 7.40. The number of imidazole rings is 1. The van der Waals surface area contributed by atoms with E-state index in [0.717, 1.165) is 23.1 Å². The molecule has 7 nitrogen and oxygen atoms in total. The van der Waals surface area contributed by atoms with Gasteiger partial charge >= 0.3 is 11.7 Å². The van der Waals surface area contributed by atoms with Gasteiger partial charge < -0.3 is 10.1 Å². The summed E-state index contributed by atoms with van der Waals surface area (Å²) in [5.41, 5.74) is 3.75. The molecule has 30 heavy (non-hydrogen) atoms. The van der Waals surface area contributed by atoms with E-state index in [4.69, 9.17) is 4.74 Å². The average molecular weight is 409 g/mol. The number of nitrogens with one attached hydrogen (secondary N) is 1. The summed E-state index contributed by atoms with van der Waals surface area (Å²) in [4.78, 5) is 37.8. The summed E-state index contributed by atoms with van der Waals surface area (Å²) >= 11 is 0. The van der Waals surface area contributed by atoms with Crippen molar-refractivity contribution in [3.8, 4) is 0 Å². The third kappa shape index (κ3) is 4.30. The maximum atomic E-state index is 12.8. The summed E-state index contributed by atoms with van der Waals surface area (Å²) in [6.45, 7) is 7.62. The van der Waals surface area contributed by atoms with Crippen LogP contribution in [0.3, 0.4) is 0 Å². The van der Waals surface area contributed by atoms with Crippen LogP contribution in [0, 0.1) is 13.8 Å². The Balaban J connectivity index is 1.73. The Hall–Kier alpha value is -3.35. The van der Waals surface area contributed by atoms with E-state index in [1.165, 1.54) is 11.5 Å². The normalized spacial score (nSPS) is 12.0. The minimum Gasteiger partial charge on any atom is -0.451 e. The number of anilines is 1. The van der Waals surface area contributed by atoms with Crippen molar-refractivity contribution >= 4 is 28.6 Å². The Morgan fingerprint density at radius 1 is 1.00 bits per heavy atom. The van der Waals surface area contributed by atoms with Crippen LogP contribution in [0.4, 0.5) is 5.69 Å². The summed E-state index contributed by atoms with van der Waals surface area (Å²) < 4.78 is 8.37. The third-order valence-electron chi connectivity index (χ3n) is 5.07. The van der Waals surface area contributed by atoms with Gasteiger partial charge in [0.2, 0.25) is 0 Å². The zero-order valence-corrected chi connectivity index (χ0v) is 17.8. The number of carbonyl (C=O) groups is 2. The predicted octanol–water partition coefficient (Wildman–Crippen LogP) is 3.40. The van der Waals surface area contributed by atoms with Crippen LogP contribution in [-0.2, 0) is 27.4 Å². The lowest BCUT2D eigenvalue weighted by molar-refractivity contribution is -0.153. The number of ether oxygens (including phenoxy) is 1. The number of nitrogens with zero attached hydrogens (tertiary/aromatic N) is 2. The van der Waals surface area contributed by atoms with E-state index in [2.05, 4.69) is 5.32 Å². The fraction of sp³-hybridized carbons (Fsp3) is 0.348. The number of hydrogen-bond acceptors (Lipinski definition) is 4. The maximum Gasteiger partial charge on any atom is 0.329 e. The highest BCUT2D eigenvalue weighted by molar-refractivity contribution is 5.96. The molecule has 1 atom stereocenters. The van der Waals surface area contributed by atoms with E-state index in [-0.39, 0.29) is 12.2 Å². The number of fused-ring (bicyclic) bond motifs is 1. The van der Waals surface area contributed by atoms with Crippen molar-refractivity contribution < 1.29 is 14.3 Å². The topological polar surface area (TPSA) is 82.3 Å². The van der Waals surface area contributed by atoms with Crippen molar-refractivity contribution in [3.63, 3.8) is 0 Å². The molecule has 0 aliphatic carbocycles. The van der Waals surface area contributed by atoms with E-state index >= 15 is 0 Å². The molecule has 158 valence electrons. The van der Waals surface area contributed by atoms with Crippen molar-refractivity contribution in [3.05, 3.63) is 64.1 Å². The molecule has 1 unspecified atom stereocenters. The second kappa shape index (κ2) is 8.98. The van der Waals surface area contributed by atoms with Crippen LogP contribution in [0.15, 0.2) is 47.3 Å². The van der Waals surface area contributed by atoms with Crippen LogP contribution in [0.25, 0.3) is 11.0 Å². The molecule has 7 heteroatoms. The van der Waals surface area contributed by atoms with Gasteiger partial charge in [0.25, 0.3) is 5.91 Å². The quantitative estimate of drug-likeness (QED) is 0.607. The smallest absolute Gasteiger partial charge is 0.329 e. The summed E-state index contributed by atoms with van der Waals surface area (Å²) in [6.07, 6.45) is -0.190. The Kier molecular flexibility index (Phi) is 6.40. The second-order valence-corrected chi connectivity index (χ2v) is 7.40. The first-order valence-corrected chi connectivity index (χ1v) is 10.1. The zero-order valence-electron chi connectivity index (χ0n) is 17.8. The summed E-state index contributed by atoms with van der Waals surface area (Å²) in [7, 11) is 0. The van der Waals surface area contributed by atoms with Gasteiger partial charge in [0.05, 0.1) is 11.0 Å². The lowest BCUT2D eigenvalue weighted by Gasteiger charge is -2.16. The van der Waals surface area contributed by atoms with Gasteiger partial charge in [0.15, 0.2) is 6.10 Å². The van der Waals surface area contributed by atoms with Crippen molar-refractivity contribution in [2.24, 2.45) is 0 Å². The molecule has 0 saturated carbocycles. The van der Waals surface area contributed by atoms with Gasteiger partial charge in [0.1, 0.15) is 6.54 Å². The van der Waals surface area contributed by atoms with Crippen molar-refractivity contribution in [1.29, 1.82) is 0 Å². The number of benzene rings is 2. The molecule has 0 saturated heterocycles. The molecule has 1 N–H and O–H groups in total. The van der Waals surface area contributed by atoms with Crippen LogP contribution < -0.4 is 11.0 Å². The van der Waals surface area contributed by atoms with Gasteiger partial charge in [-0.1, -0.05) is 37.3 Å². The number of carbonyl (C=O) groups excluding carboxylic acids is 2. The molecule has 3 rings (SSSR count). The van der Waals surface area contributed by atoms with E-state index in [0.29, 0.717) is 17.7 Å². The number of esters is 1. The van der Waals surface area contributed by atoms with E-state index in [9.17, 15) is 14.4 Å². The lowest BCUT2D eigenvalue weighted by Crippen LogP contribution is -2.33. The Labute approximate surface area is 175 Å². The molecule has 0 spiro atoms. The average Bonchev–Trinajstić information content (AvgIpc) is 2.97. The van der Waals surface area contributed by atoms with Crippen LogP contribution in [0.1, 0.15) is 31.4 Å². The first kappa shape index (κ1) is 21.4. The highest BCUT2D eigenvalue weighted by Crippen LogP contribution is 2.20. The number of aryl methyl sites for hydroxylation is 3. The van der Waals surface area contributed by atoms with E-state index < -0.39 is 18.0 Å². The van der Waals surface area contributed by atoms with Crippen molar-refractivity contribution in [2.45, 2.75) is 53.3 Å². The van der Waals surface area contributed by atoms with E-state index in [1.54, 1.807) is 10.6 Å².